The lowest BCUT2D eigenvalue weighted by Crippen LogP contribution is -2.42. The first-order valence-corrected chi connectivity index (χ1v) is 6.55. The predicted octanol–water partition coefficient (Wildman–Crippen LogP) is 3.60. The smallest absolute Gasteiger partial charge is 0.128 e. The van der Waals surface area contributed by atoms with Gasteiger partial charge in [-0.25, -0.2) is 4.39 Å². The van der Waals surface area contributed by atoms with Crippen molar-refractivity contribution < 1.29 is 9.13 Å². The minimum atomic E-state index is -0.405. The van der Waals surface area contributed by atoms with Crippen molar-refractivity contribution in [3.05, 3.63) is 35.1 Å². The number of ether oxygens (including phenoxy) is 1. The van der Waals surface area contributed by atoms with E-state index in [0.29, 0.717) is 12.2 Å². The highest BCUT2D eigenvalue weighted by molar-refractivity contribution is 5.29. The van der Waals surface area contributed by atoms with Gasteiger partial charge in [0.05, 0.1) is 11.6 Å². The molecule has 1 rings (SSSR count). The van der Waals surface area contributed by atoms with Crippen molar-refractivity contribution >= 4 is 0 Å². The number of hydrogen-bond acceptors (Lipinski definition) is 2. The average molecular weight is 253 g/mol. The Morgan fingerprint density at radius 1 is 1.39 bits per heavy atom. The molecule has 0 aliphatic rings. The summed E-state index contributed by atoms with van der Waals surface area (Å²) in [5, 5.41) is 3.20. The summed E-state index contributed by atoms with van der Waals surface area (Å²) < 4.78 is 19.9. The van der Waals surface area contributed by atoms with Gasteiger partial charge in [0.2, 0.25) is 0 Å². The fourth-order valence-electron chi connectivity index (χ4n) is 2.39. The number of nitrogens with one attached hydrogen (secondary N) is 1. The lowest BCUT2D eigenvalue weighted by Gasteiger charge is -2.37. The van der Waals surface area contributed by atoms with Crippen LogP contribution in [0.1, 0.15) is 44.4 Å². The Balaban J connectivity index is 3.19. The van der Waals surface area contributed by atoms with Gasteiger partial charge < -0.3 is 10.1 Å². The largest absolute Gasteiger partial charge is 0.374 e. The standard InChI is InChI=1S/C15H24FNO/c1-6-15(4,18-7-2)14(17-5)12-10-11(3)8-9-13(12)16/h8-10,14,17H,6-7H2,1-5H3. The Morgan fingerprint density at radius 3 is 2.56 bits per heavy atom. The summed E-state index contributed by atoms with van der Waals surface area (Å²) in [6.07, 6.45) is 0.819. The second kappa shape index (κ2) is 6.30. The molecule has 0 spiro atoms. The van der Waals surface area contributed by atoms with Crippen molar-refractivity contribution in [3.8, 4) is 0 Å². The van der Waals surface area contributed by atoms with Gasteiger partial charge in [-0.05, 0) is 40.3 Å². The van der Waals surface area contributed by atoms with Gasteiger partial charge in [-0.15, -0.1) is 0 Å². The van der Waals surface area contributed by atoms with Gasteiger partial charge in [-0.3, -0.25) is 0 Å². The molecule has 1 aromatic carbocycles. The second-order valence-corrected chi connectivity index (χ2v) is 4.85. The van der Waals surface area contributed by atoms with Crippen LogP contribution in [-0.4, -0.2) is 19.3 Å². The molecular formula is C15H24FNO. The molecule has 0 fully saturated rings. The molecule has 102 valence electrons. The van der Waals surface area contributed by atoms with E-state index in [4.69, 9.17) is 4.74 Å². The number of likely N-dealkylation sites (N-methyl/N-ethyl adjacent to an activating group) is 1. The summed E-state index contributed by atoms with van der Waals surface area (Å²) in [4.78, 5) is 0. The van der Waals surface area contributed by atoms with E-state index in [2.05, 4.69) is 12.2 Å². The van der Waals surface area contributed by atoms with Crippen molar-refractivity contribution in [2.75, 3.05) is 13.7 Å². The number of halogens is 1. The molecule has 0 aliphatic heterocycles. The fraction of sp³-hybridized carbons (Fsp3) is 0.600. The van der Waals surface area contributed by atoms with Crippen LogP contribution in [0, 0.1) is 12.7 Å². The van der Waals surface area contributed by atoms with Gasteiger partial charge in [0.25, 0.3) is 0 Å². The van der Waals surface area contributed by atoms with Crippen molar-refractivity contribution in [1.82, 2.24) is 5.32 Å². The molecule has 0 bridgehead atoms. The van der Waals surface area contributed by atoms with Crippen LogP contribution in [0.4, 0.5) is 4.39 Å². The maximum Gasteiger partial charge on any atom is 0.128 e. The van der Waals surface area contributed by atoms with Crippen LogP contribution in [0.25, 0.3) is 0 Å². The van der Waals surface area contributed by atoms with E-state index >= 15 is 0 Å². The Hall–Kier alpha value is -0.930. The molecule has 2 nitrogen and oxygen atoms in total. The van der Waals surface area contributed by atoms with Gasteiger partial charge in [0.15, 0.2) is 0 Å². The van der Waals surface area contributed by atoms with E-state index in [9.17, 15) is 4.39 Å². The highest BCUT2D eigenvalue weighted by Crippen LogP contribution is 2.33. The molecule has 3 heteroatoms. The molecule has 2 atom stereocenters. The van der Waals surface area contributed by atoms with Gasteiger partial charge in [0, 0.05) is 12.2 Å². The van der Waals surface area contributed by atoms with Crippen LogP contribution in [0.15, 0.2) is 18.2 Å². The molecule has 0 heterocycles. The molecule has 0 aromatic heterocycles. The second-order valence-electron chi connectivity index (χ2n) is 4.85. The Labute approximate surface area is 110 Å². The zero-order chi connectivity index (χ0) is 13.8. The first-order valence-electron chi connectivity index (χ1n) is 6.55. The van der Waals surface area contributed by atoms with Gasteiger partial charge in [-0.2, -0.15) is 0 Å². The average Bonchev–Trinajstić information content (AvgIpc) is 2.34. The van der Waals surface area contributed by atoms with E-state index in [-0.39, 0.29) is 11.9 Å². The van der Waals surface area contributed by atoms with Gasteiger partial charge in [-0.1, -0.05) is 24.6 Å². The van der Waals surface area contributed by atoms with Crippen molar-refractivity contribution in [2.45, 2.75) is 45.8 Å². The van der Waals surface area contributed by atoms with Crippen LogP contribution in [0.5, 0.6) is 0 Å². The third kappa shape index (κ3) is 3.09. The van der Waals surface area contributed by atoms with E-state index < -0.39 is 5.60 Å². The van der Waals surface area contributed by atoms with Crippen molar-refractivity contribution in [2.24, 2.45) is 0 Å². The maximum absolute atomic E-state index is 14.0. The van der Waals surface area contributed by atoms with E-state index in [1.54, 1.807) is 6.07 Å². The van der Waals surface area contributed by atoms with E-state index in [1.807, 2.05) is 33.9 Å². The Bertz CT molecular complexity index is 394. The SMILES string of the molecule is CCOC(C)(CC)C(NC)c1cc(C)ccc1F. The lowest BCUT2D eigenvalue weighted by atomic mass is 9.87. The Kier molecular flexibility index (Phi) is 5.29. The summed E-state index contributed by atoms with van der Waals surface area (Å²) in [5.41, 5.74) is 1.33. The summed E-state index contributed by atoms with van der Waals surface area (Å²) in [7, 11) is 1.85. The molecule has 0 radical (unpaired) electrons. The first kappa shape index (κ1) is 15.1. The van der Waals surface area contributed by atoms with Crippen molar-refractivity contribution in [1.29, 1.82) is 0 Å². The number of benzene rings is 1. The third-order valence-corrected chi connectivity index (χ3v) is 3.54. The lowest BCUT2D eigenvalue weighted by molar-refractivity contribution is -0.0554. The zero-order valence-corrected chi connectivity index (χ0v) is 12.0. The molecule has 18 heavy (non-hydrogen) atoms. The van der Waals surface area contributed by atoms with Crippen LogP contribution in [-0.2, 0) is 4.74 Å². The molecule has 0 saturated carbocycles. The summed E-state index contributed by atoms with van der Waals surface area (Å²) >= 11 is 0. The Morgan fingerprint density at radius 2 is 2.06 bits per heavy atom. The molecule has 1 N–H and O–H groups in total. The zero-order valence-electron chi connectivity index (χ0n) is 12.0. The minimum Gasteiger partial charge on any atom is -0.374 e. The number of rotatable bonds is 6. The highest BCUT2D eigenvalue weighted by atomic mass is 19.1. The number of aryl methyl sites for hydroxylation is 1. The molecule has 0 amide bonds. The highest BCUT2D eigenvalue weighted by Gasteiger charge is 2.35. The molecular weight excluding hydrogens is 229 g/mol. The first-order chi connectivity index (χ1) is 8.48. The molecule has 1 aromatic rings. The van der Waals surface area contributed by atoms with Gasteiger partial charge >= 0.3 is 0 Å². The molecule has 0 saturated heterocycles. The third-order valence-electron chi connectivity index (χ3n) is 3.54. The quantitative estimate of drug-likeness (QED) is 0.836. The normalized spacial score (nSPS) is 16.3. The molecule has 0 aliphatic carbocycles. The maximum atomic E-state index is 14.0. The monoisotopic (exact) mass is 253 g/mol. The van der Waals surface area contributed by atoms with Crippen molar-refractivity contribution in [3.63, 3.8) is 0 Å². The van der Waals surface area contributed by atoms with Crippen LogP contribution < -0.4 is 5.32 Å². The van der Waals surface area contributed by atoms with E-state index in [1.165, 1.54) is 6.07 Å². The van der Waals surface area contributed by atoms with Crippen LogP contribution in [0.2, 0.25) is 0 Å². The van der Waals surface area contributed by atoms with Gasteiger partial charge in [0.1, 0.15) is 5.82 Å². The van der Waals surface area contributed by atoms with Crippen LogP contribution in [0.3, 0.4) is 0 Å². The van der Waals surface area contributed by atoms with E-state index in [0.717, 1.165) is 12.0 Å². The molecule has 2 unspecified atom stereocenters. The minimum absolute atomic E-state index is 0.151. The fourth-order valence-corrected chi connectivity index (χ4v) is 2.39. The summed E-state index contributed by atoms with van der Waals surface area (Å²) in [5.74, 6) is -0.181. The topological polar surface area (TPSA) is 21.3 Å². The summed E-state index contributed by atoms with van der Waals surface area (Å²) in [6, 6.07) is 5.05. The predicted molar refractivity (Wildman–Crippen MR) is 73.3 cm³/mol. The summed E-state index contributed by atoms with van der Waals surface area (Å²) in [6.45, 7) is 8.65. The van der Waals surface area contributed by atoms with Crippen LogP contribution >= 0.6 is 0 Å². The number of hydrogen-bond donors (Lipinski definition) is 1.